The minimum Gasteiger partial charge on any atom is -0.202 e. The summed E-state index contributed by atoms with van der Waals surface area (Å²) in [5, 5.41) is 0. The van der Waals surface area contributed by atoms with Crippen molar-refractivity contribution in [2.75, 3.05) is 0 Å². The van der Waals surface area contributed by atoms with Crippen LogP contribution in [0.1, 0.15) is 26.7 Å². The van der Waals surface area contributed by atoms with Crippen LogP contribution in [0.3, 0.4) is 0 Å². The van der Waals surface area contributed by atoms with Crippen molar-refractivity contribution >= 4 is 22.0 Å². The molecule has 0 unspecified atom stereocenters. The van der Waals surface area contributed by atoms with Crippen molar-refractivity contribution < 1.29 is 34.8 Å². The first-order chi connectivity index (χ1) is 7.86. The second-order valence-electron chi connectivity index (χ2n) is 3.21. The van der Waals surface area contributed by atoms with Gasteiger partial charge >= 0.3 is 21.0 Å². The molecule has 0 aromatic heterocycles. The molecule has 0 radical (unpaired) electrons. The Morgan fingerprint density at radius 1 is 1.06 bits per heavy atom. The second kappa shape index (κ2) is 5.87. The number of alkyl halides is 6. The average Bonchev–Trinajstić information content (AvgIpc) is 2.14. The smallest absolute Gasteiger partial charge is 0.202 e. The molecule has 3 nitrogen and oxygen atoms in total. The molecule has 0 aliphatic heterocycles. The van der Waals surface area contributed by atoms with E-state index in [1.54, 1.807) is 0 Å². The van der Waals surface area contributed by atoms with E-state index in [0.29, 0.717) is 0 Å². The lowest BCUT2D eigenvalue weighted by atomic mass is 10.2. The molecule has 0 spiro atoms. The molecule has 0 aromatic carbocycles. The quantitative estimate of drug-likeness (QED) is 0.575. The van der Waals surface area contributed by atoms with E-state index in [9.17, 15) is 34.8 Å². The van der Waals surface area contributed by atoms with E-state index in [1.807, 2.05) is 0 Å². The number of nitrogens with zero attached hydrogens (tertiary/aromatic N) is 1. The molecule has 0 fully saturated rings. The van der Waals surface area contributed by atoms with Gasteiger partial charge in [0.15, 0.2) is 0 Å². The number of hydrogen-bond donors (Lipinski definition) is 0. The maximum Gasteiger partial charge on any atom is 0.512 e. The van der Waals surface area contributed by atoms with Gasteiger partial charge in [-0.15, -0.1) is 3.71 Å². The van der Waals surface area contributed by atoms with Gasteiger partial charge in [0.2, 0.25) is 0 Å². The van der Waals surface area contributed by atoms with E-state index >= 15 is 0 Å². The number of sulfonamides is 1. The summed E-state index contributed by atoms with van der Waals surface area (Å²) in [7, 11) is -6.02. The van der Waals surface area contributed by atoms with Gasteiger partial charge < -0.3 is 0 Å². The molecule has 0 saturated carbocycles. The molecule has 0 atom stereocenters. The molecule has 11 heteroatoms. The largest absolute Gasteiger partial charge is 0.512 e. The molecule has 0 N–H and O–H groups in total. The third kappa shape index (κ3) is 4.50. The third-order valence-electron chi connectivity index (χ3n) is 1.96. The van der Waals surface area contributed by atoms with Crippen molar-refractivity contribution in [3.8, 4) is 0 Å². The zero-order chi connectivity index (χ0) is 14.8. The summed E-state index contributed by atoms with van der Waals surface area (Å²) < 4.78 is 94.8. The highest BCUT2D eigenvalue weighted by Crippen LogP contribution is 2.42. The third-order valence-corrected chi connectivity index (χ3v) is 4.82. The zero-order valence-electron chi connectivity index (χ0n) is 9.34. The van der Waals surface area contributed by atoms with Gasteiger partial charge in [-0.05, 0) is 12.8 Å². The summed E-state index contributed by atoms with van der Waals surface area (Å²) in [6.07, 6.45) is -0.316. The van der Waals surface area contributed by atoms with Crippen LogP contribution in [0, 0.1) is 0 Å². The first-order valence-corrected chi connectivity index (χ1v) is 6.94. The normalized spacial score (nSPS) is 14.6. The van der Waals surface area contributed by atoms with Crippen molar-refractivity contribution in [1.82, 2.24) is 3.71 Å². The van der Waals surface area contributed by atoms with Crippen molar-refractivity contribution in [2.24, 2.45) is 0 Å². The fourth-order valence-electron chi connectivity index (χ4n) is 1.11. The van der Waals surface area contributed by atoms with Crippen LogP contribution < -0.4 is 0 Å². The standard InChI is InChI=1S/C7H11F6NO2S2/c1-3-5(4-2)14(17-6(8,9)10)18(15,16)7(11,12)13/h5H,3-4H2,1-2H3. The summed E-state index contributed by atoms with van der Waals surface area (Å²) in [6.45, 7) is 2.62. The lowest BCUT2D eigenvalue weighted by Gasteiger charge is -2.29. The lowest BCUT2D eigenvalue weighted by Crippen LogP contribution is -2.43. The van der Waals surface area contributed by atoms with Gasteiger partial charge in [-0.2, -0.15) is 26.3 Å². The molecule has 0 aromatic rings. The Hall–Kier alpha value is -0.160. The predicted molar refractivity (Wildman–Crippen MR) is 54.8 cm³/mol. The van der Waals surface area contributed by atoms with Crippen LogP contribution in [0.2, 0.25) is 0 Å². The molecule has 110 valence electrons. The summed E-state index contributed by atoms with van der Waals surface area (Å²) in [6, 6.07) is -1.37. The molecule has 0 rings (SSSR count). The van der Waals surface area contributed by atoms with E-state index in [4.69, 9.17) is 0 Å². The van der Waals surface area contributed by atoms with Gasteiger partial charge in [0, 0.05) is 18.0 Å². The SMILES string of the molecule is CCC(CC)N(SC(F)(F)F)S(=O)(=O)C(F)(F)F. The summed E-state index contributed by atoms with van der Waals surface area (Å²) >= 11 is -1.28. The van der Waals surface area contributed by atoms with E-state index < -0.39 is 42.7 Å². The highest BCUT2D eigenvalue weighted by Gasteiger charge is 2.54. The number of halogens is 6. The van der Waals surface area contributed by atoms with E-state index in [0.717, 1.165) is 0 Å². The van der Waals surface area contributed by atoms with Crippen LogP contribution in [0.25, 0.3) is 0 Å². The highest BCUT2D eigenvalue weighted by atomic mass is 32.3. The highest BCUT2D eigenvalue weighted by molar-refractivity contribution is 8.09. The zero-order valence-corrected chi connectivity index (χ0v) is 11.0. The molecule has 0 saturated heterocycles. The van der Waals surface area contributed by atoms with Gasteiger partial charge in [0.05, 0.1) is 0 Å². The van der Waals surface area contributed by atoms with Crippen molar-refractivity contribution in [3.63, 3.8) is 0 Å². The summed E-state index contributed by atoms with van der Waals surface area (Å²) in [5.41, 5.74) is -10.9. The molecule has 0 bridgehead atoms. The second-order valence-corrected chi connectivity index (χ2v) is 6.29. The molecular weight excluding hydrogens is 308 g/mol. The van der Waals surface area contributed by atoms with E-state index in [-0.39, 0.29) is 12.8 Å². The van der Waals surface area contributed by atoms with Gasteiger partial charge in [-0.1, -0.05) is 13.8 Å². The maximum absolute atomic E-state index is 12.3. The average molecular weight is 319 g/mol. The molecule has 0 aliphatic carbocycles. The van der Waals surface area contributed by atoms with Gasteiger partial charge in [0.1, 0.15) is 0 Å². The summed E-state index contributed by atoms with van der Waals surface area (Å²) in [4.78, 5) is 0. The van der Waals surface area contributed by atoms with Crippen LogP contribution in [0.4, 0.5) is 26.3 Å². The Kier molecular flexibility index (Phi) is 5.81. The van der Waals surface area contributed by atoms with Crippen molar-refractivity contribution in [3.05, 3.63) is 0 Å². The molecule has 0 aliphatic rings. The maximum atomic E-state index is 12.3. The van der Waals surface area contributed by atoms with E-state index in [1.165, 1.54) is 13.8 Å². The van der Waals surface area contributed by atoms with Gasteiger partial charge in [-0.3, -0.25) is 0 Å². The van der Waals surface area contributed by atoms with Crippen LogP contribution in [-0.2, 0) is 10.0 Å². The van der Waals surface area contributed by atoms with Crippen LogP contribution in [0.5, 0.6) is 0 Å². The Balaban J connectivity index is 5.49. The lowest BCUT2D eigenvalue weighted by molar-refractivity contribution is -0.0494. The molecular formula is C7H11F6NO2S2. The summed E-state index contributed by atoms with van der Waals surface area (Å²) in [5.74, 6) is 0. The van der Waals surface area contributed by atoms with Crippen LogP contribution in [0.15, 0.2) is 0 Å². The first-order valence-electron chi connectivity index (χ1n) is 4.73. The Morgan fingerprint density at radius 2 is 1.44 bits per heavy atom. The Morgan fingerprint density at radius 3 is 1.67 bits per heavy atom. The van der Waals surface area contributed by atoms with E-state index in [2.05, 4.69) is 0 Å². The minimum absolute atomic E-state index is 0.158. The number of hydrogen-bond acceptors (Lipinski definition) is 3. The minimum atomic E-state index is -6.02. The molecule has 18 heavy (non-hydrogen) atoms. The van der Waals surface area contributed by atoms with Crippen molar-refractivity contribution in [1.29, 1.82) is 0 Å². The fourth-order valence-corrected chi connectivity index (χ4v) is 3.56. The Labute approximate surface area is 105 Å². The Bertz CT molecular complexity index is 359. The fraction of sp³-hybridized carbons (Fsp3) is 1.00. The topological polar surface area (TPSA) is 37.4 Å². The monoisotopic (exact) mass is 319 g/mol. The molecule has 0 amide bonds. The first kappa shape index (κ1) is 17.8. The van der Waals surface area contributed by atoms with Gasteiger partial charge in [-0.25, -0.2) is 8.42 Å². The van der Waals surface area contributed by atoms with Gasteiger partial charge in [0.25, 0.3) is 0 Å². The van der Waals surface area contributed by atoms with Crippen LogP contribution in [-0.4, -0.2) is 29.2 Å². The predicted octanol–water partition coefficient (Wildman–Crippen LogP) is 3.49. The molecule has 0 heterocycles. The van der Waals surface area contributed by atoms with Crippen LogP contribution >= 0.6 is 11.9 Å². The number of rotatable bonds is 5. The van der Waals surface area contributed by atoms with Crippen molar-refractivity contribution in [2.45, 2.75) is 43.7 Å².